The Hall–Kier alpha value is -0.200. The number of hydrogen-bond donors (Lipinski definition) is 3. The molecular weight excluding hydrogens is 404 g/mol. The molecule has 0 aromatic rings. The summed E-state index contributed by atoms with van der Waals surface area (Å²) in [6.45, 7) is 10.2. The second-order valence-corrected chi connectivity index (χ2v) is 13.4. The normalized spacial score (nSPS) is 64.0. The molecular formula is C27H44O5. The first-order valence-corrected chi connectivity index (χ1v) is 13.4. The predicted octanol–water partition coefficient (Wildman–Crippen LogP) is 3.88. The molecule has 5 nitrogen and oxygen atoms in total. The van der Waals surface area contributed by atoms with Crippen LogP contribution in [0.25, 0.3) is 0 Å². The average molecular weight is 449 g/mol. The van der Waals surface area contributed by atoms with E-state index in [0.29, 0.717) is 54.5 Å². The van der Waals surface area contributed by atoms with Crippen LogP contribution in [0.15, 0.2) is 0 Å². The van der Waals surface area contributed by atoms with Gasteiger partial charge in [-0.2, -0.15) is 0 Å². The minimum atomic E-state index is -0.852. The molecule has 182 valence electrons. The molecule has 3 N–H and O–H groups in total. The number of fused-ring (bicyclic) bond motifs is 7. The first kappa shape index (κ1) is 22.3. The first-order chi connectivity index (χ1) is 15.0. The summed E-state index contributed by atoms with van der Waals surface area (Å²) in [7, 11) is 0. The van der Waals surface area contributed by atoms with E-state index in [-0.39, 0.29) is 16.6 Å². The van der Waals surface area contributed by atoms with Crippen molar-refractivity contribution in [3.05, 3.63) is 0 Å². The second-order valence-electron chi connectivity index (χ2n) is 13.4. The van der Waals surface area contributed by atoms with Gasteiger partial charge in [0, 0.05) is 24.2 Å². The van der Waals surface area contributed by atoms with Gasteiger partial charge < -0.3 is 24.8 Å². The number of ether oxygens (including phenoxy) is 2. The summed E-state index contributed by atoms with van der Waals surface area (Å²) < 4.78 is 13.3. The summed E-state index contributed by atoms with van der Waals surface area (Å²) in [4.78, 5) is 0. The van der Waals surface area contributed by atoms with Gasteiger partial charge >= 0.3 is 0 Å². The van der Waals surface area contributed by atoms with Crippen molar-refractivity contribution < 1.29 is 24.8 Å². The second kappa shape index (κ2) is 6.94. The fourth-order valence-corrected chi connectivity index (χ4v) is 10.3. The van der Waals surface area contributed by atoms with Gasteiger partial charge in [-0.1, -0.05) is 27.7 Å². The van der Waals surface area contributed by atoms with Crippen LogP contribution in [0.4, 0.5) is 0 Å². The highest BCUT2D eigenvalue weighted by atomic mass is 16.7. The smallest absolute Gasteiger partial charge is 0.171 e. The van der Waals surface area contributed by atoms with Crippen molar-refractivity contribution in [1.29, 1.82) is 0 Å². The molecule has 2 heterocycles. The molecule has 4 saturated carbocycles. The molecule has 5 heteroatoms. The summed E-state index contributed by atoms with van der Waals surface area (Å²) in [5.41, 5.74) is -0.904. The van der Waals surface area contributed by atoms with E-state index in [1.807, 2.05) is 0 Å². The van der Waals surface area contributed by atoms with E-state index in [2.05, 4.69) is 27.7 Å². The van der Waals surface area contributed by atoms with Crippen molar-refractivity contribution in [2.24, 2.45) is 46.3 Å². The molecule has 4 aliphatic carbocycles. The van der Waals surface area contributed by atoms with E-state index in [9.17, 15) is 15.3 Å². The Kier molecular flexibility index (Phi) is 4.83. The van der Waals surface area contributed by atoms with Gasteiger partial charge in [0.25, 0.3) is 0 Å². The average Bonchev–Trinajstić information content (AvgIpc) is 3.17. The highest BCUT2D eigenvalue weighted by molar-refractivity contribution is 5.18. The third-order valence-electron chi connectivity index (χ3n) is 12.1. The van der Waals surface area contributed by atoms with Crippen molar-refractivity contribution >= 4 is 0 Å². The number of rotatable bonds is 0. The van der Waals surface area contributed by atoms with Crippen LogP contribution < -0.4 is 0 Å². The minimum Gasteiger partial charge on any atom is -0.390 e. The quantitative estimate of drug-likeness (QED) is 0.524. The summed E-state index contributed by atoms with van der Waals surface area (Å²) in [6.07, 6.45) is 7.02. The molecule has 1 spiro atoms. The SMILES string of the molecule is CC1C2C(CC3C4CC[C@@]5(O)C[C@@H](O)[C@H](O)C[C@]5(C)C4CC[C@@]32C)OC12CC[C@@H](C)CO2. The van der Waals surface area contributed by atoms with Crippen LogP contribution in [0.1, 0.15) is 85.5 Å². The van der Waals surface area contributed by atoms with E-state index in [0.717, 1.165) is 38.7 Å². The molecule has 2 aliphatic heterocycles. The lowest BCUT2D eigenvalue weighted by Crippen LogP contribution is -2.65. The highest BCUT2D eigenvalue weighted by Gasteiger charge is 2.71. The van der Waals surface area contributed by atoms with Gasteiger partial charge in [0.15, 0.2) is 5.79 Å². The molecule has 6 rings (SSSR count). The van der Waals surface area contributed by atoms with Crippen molar-refractivity contribution in [3.63, 3.8) is 0 Å². The molecule has 0 amide bonds. The number of aliphatic hydroxyl groups is 3. The molecule has 32 heavy (non-hydrogen) atoms. The Bertz CT molecular complexity index is 763. The standard InChI is InChI=1S/C27H44O5/c1-15-5-10-27(31-14-15)16(2)23-22(32-27)11-19-17-6-9-26(30)13-21(29)20(28)12-25(26,4)18(17)7-8-24(19,23)3/h15-23,28-30H,5-14H2,1-4H3/t15-,16?,17?,18?,19?,20-,21-,22?,23?,24+,25-,26-,27?/m1/s1. The van der Waals surface area contributed by atoms with Gasteiger partial charge in [-0.25, -0.2) is 0 Å². The lowest BCUT2D eigenvalue weighted by atomic mass is 9.42. The zero-order valence-corrected chi connectivity index (χ0v) is 20.4. The summed E-state index contributed by atoms with van der Waals surface area (Å²) in [5.74, 6) is 2.84. The van der Waals surface area contributed by atoms with Crippen LogP contribution in [0.2, 0.25) is 0 Å². The van der Waals surface area contributed by atoms with Crippen LogP contribution in [-0.4, -0.2) is 51.6 Å². The zero-order chi connectivity index (χ0) is 22.7. The van der Waals surface area contributed by atoms with E-state index in [1.165, 1.54) is 12.8 Å². The largest absolute Gasteiger partial charge is 0.390 e. The molecule has 6 aliphatic rings. The van der Waals surface area contributed by atoms with Crippen LogP contribution in [0.5, 0.6) is 0 Å². The van der Waals surface area contributed by atoms with Gasteiger partial charge in [-0.05, 0) is 80.0 Å². The van der Waals surface area contributed by atoms with Crippen LogP contribution in [0, 0.1) is 46.3 Å². The third kappa shape index (κ3) is 2.69. The van der Waals surface area contributed by atoms with Crippen molar-refractivity contribution in [3.8, 4) is 0 Å². The summed E-state index contributed by atoms with van der Waals surface area (Å²) in [5, 5.41) is 32.5. The van der Waals surface area contributed by atoms with Gasteiger partial charge in [0.1, 0.15) is 0 Å². The predicted molar refractivity (Wildman–Crippen MR) is 121 cm³/mol. The van der Waals surface area contributed by atoms with E-state index < -0.39 is 17.8 Å². The maximum Gasteiger partial charge on any atom is 0.171 e. The minimum absolute atomic E-state index is 0.264. The monoisotopic (exact) mass is 448 g/mol. The third-order valence-corrected chi connectivity index (χ3v) is 12.1. The molecule has 7 unspecified atom stereocenters. The Balaban J connectivity index is 1.28. The van der Waals surface area contributed by atoms with E-state index in [4.69, 9.17) is 9.47 Å². The summed E-state index contributed by atoms with van der Waals surface area (Å²) in [6, 6.07) is 0. The maximum absolute atomic E-state index is 11.7. The molecule has 0 aromatic heterocycles. The highest BCUT2D eigenvalue weighted by Crippen LogP contribution is 2.71. The maximum atomic E-state index is 11.7. The summed E-state index contributed by atoms with van der Waals surface area (Å²) >= 11 is 0. The lowest BCUT2D eigenvalue weighted by molar-refractivity contribution is -0.275. The Morgan fingerprint density at radius 1 is 0.875 bits per heavy atom. The Labute approximate surface area is 193 Å². The lowest BCUT2D eigenvalue weighted by Gasteiger charge is -2.64. The molecule has 2 saturated heterocycles. The van der Waals surface area contributed by atoms with Crippen molar-refractivity contribution in [2.45, 2.75) is 115 Å². The van der Waals surface area contributed by atoms with Gasteiger partial charge in [-0.3, -0.25) is 0 Å². The van der Waals surface area contributed by atoms with Crippen LogP contribution in [-0.2, 0) is 9.47 Å². The number of hydrogen-bond acceptors (Lipinski definition) is 5. The van der Waals surface area contributed by atoms with Crippen LogP contribution >= 0.6 is 0 Å². The molecule has 0 radical (unpaired) electrons. The van der Waals surface area contributed by atoms with E-state index >= 15 is 0 Å². The number of aliphatic hydroxyl groups excluding tert-OH is 2. The molecule has 6 fully saturated rings. The Morgan fingerprint density at radius 2 is 1.62 bits per heavy atom. The molecule has 0 bridgehead atoms. The fourth-order valence-electron chi connectivity index (χ4n) is 10.3. The Morgan fingerprint density at radius 3 is 2.34 bits per heavy atom. The van der Waals surface area contributed by atoms with Gasteiger partial charge in [-0.15, -0.1) is 0 Å². The van der Waals surface area contributed by atoms with E-state index in [1.54, 1.807) is 0 Å². The topological polar surface area (TPSA) is 79.2 Å². The van der Waals surface area contributed by atoms with Crippen molar-refractivity contribution in [2.75, 3.05) is 6.61 Å². The first-order valence-electron chi connectivity index (χ1n) is 13.4. The molecule has 0 aromatic carbocycles. The molecule has 13 atom stereocenters. The van der Waals surface area contributed by atoms with Crippen LogP contribution in [0.3, 0.4) is 0 Å². The van der Waals surface area contributed by atoms with Crippen molar-refractivity contribution in [1.82, 2.24) is 0 Å². The van der Waals surface area contributed by atoms with Gasteiger partial charge in [0.05, 0.1) is 30.5 Å². The fraction of sp³-hybridized carbons (Fsp3) is 1.00. The van der Waals surface area contributed by atoms with Gasteiger partial charge in [0.2, 0.25) is 0 Å². The zero-order valence-electron chi connectivity index (χ0n) is 20.4.